The highest BCUT2D eigenvalue weighted by Gasteiger charge is 2.35. The van der Waals surface area contributed by atoms with Crippen molar-refractivity contribution in [1.29, 1.82) is 0 Å². The summed E-state index contributed by atoms with van der Waals surface area (Å²) in [6.07, 6.45) is -2.29. The van der Waals surface area contributed by atoms with Crippen molar-refractivity contribution < 1.29 is 13.2 Å². The quantitative estimate of drug-likeness (QED) is 0.567. The van der Waals surface area contributed by atoms with Gasteiger partial charge >= 0.3 is 6.18 Å². The topological polar surface area (TPSA) is 93.7 Å². The van der Waals surface area contributed by atoms with E-state index < -0.39 is 12.0 Å². The van der Waals surface area contributed by atoms with Gasteiger partial charge in [-0.2, -0.15) is 18.3 Å². The summed E-state index contributed by atoms with van der Waals surface area (Å²) in [5, 5.41) is 6.96. The molecule has 0 bridgehead atoms. The Labute approximate surface area is 118 Å². The minimum Gasteiger partial charge on any atom is -0.369 e. The molecule has 0 spiro atoms. The van der Waals surface area contributed by atoms with Gasteiger partial charge in [0.1, 0.15) is 11.6 Å². The van der Waals surface area contributed by atoms with Crippen LogP contribution in [0.1, 0.15) is 11.5 Å². The van der Waals surface area contributed by atoms with Crippen LogP contribution in [0.2, 0.25) is 0 Å². The molecule has 4 N–H and O–H groups in total. The molecule has 0 aliphatic heterocycles. The van der Waals surface area contributed by atoms with Crippen molar-refractivity contribution in [2.45, 2.75) is 12.6 Å². The number of hydrogen-bond donors (Lipinski definition) is 3. The lowest BCUT2D eigenvalue weighted by Gasteiger charge is -2.10. The maximum atomic E-state index is 12.6. The minimum atomic E-state index is -4.63. The number of halogens is 3. The fourth-order valence-electron chi connectivity index (χ4n) is 1.65. The van der Waals surface area contributed by atoms with Gasteiger partial charge in [-0.3, -0.25) is 4.68 Å². The molecule has 0 fully saturated rings. The van der Waals surface area contributed by atoms with E-state index >= 15 is 0 Å². The van der Waals surface area contributed by atoms with Gasteiger partial charge in [0.25, 0.3) is 0 Å². The molecule has 0 aliphatic rings. The van der Waals surface area contributed by atoms with E-state index in [9.17, 15) is 13.2 Å². The predicted molar refractivity (Wildman–Crippen MR) is 70.2 cm³/mol. The first-order valence-electron chi connectivity index (χ1n) is 6.04. The van der Waals surface area contributed by atoms with Crippen LogP contribution < -0.4 is 16.6 Å². The number of nitrogens with zero attached hydrogens (tertiary/aromatic N) is 4. The van der Waals surface area contributed by atoms with Crippen molar-refractivity contribution in [2.24, 2.45) is 12.9 Å². The van der Waals surface area contributed by atoms with Gasteiger partial charge in [0.05, 0.1) is 5.69 Å². The van der Waals surface area contributed by atoms with E-state index in [4.69, 9.17) is 5.84 Å². The first-order chi connectivity index (χ1) is 9.88. The molecule has 0 amide bonds. The number of aromatic nitrogens is 4. The lowest BCUT2D eigenvalue weighted by atomic mass is 10.3. The number of aryl methyl sites for hydroxylation is 1. The summed E-state index contributed by atoms with van der Waals surface area (Å²) < 4.78 is 39.6. The largest absolute Gasteiger partial charge is 0.451 e. The van der Waals surface area contributed by atoms with Crippen LogP contribution in [0.15, 0.2) is 18.3 Å². The van der Waals surface area contributed by atoms with Crippen molar-refractivity contribution in [3.05, 3.63) is 29.8 Å². The van der Waals surface area contributed by atoms with Gasteiger partial charge in [-0.25, -0.2) is 15.8 Å². The standard InChI is InChI=1S/C11H14F3N7/c1-21-5-3-7(20-21)2-4-16-8-6-9(19-15)18-10(17-8)11(12,13)14/h3,5-6H,2,4,15H2,1H3,(H2,16,17,18,19). The Morgan fingerprint density at radius 1 is 1.29 bits per heavy atom. The van der Waals surface area contributed by atoms with Gasteiger partial charge in [0.15, 0.2) is 0 Å². The van der Waals surface area contributed by atoms with Gasteiger partial charge in [-0.05, 0) is 6.07 Å². The second-order valence-corrected chi connectivity index (χ2v) is 4.26. The number of anilines is 2. The molecular formula is C11H14F3N7. The first kappa shape index (κ1) is 15.0. The second kappa shape index (κ2) is 5.95. The zero-order valence-electron chi connectivity index (χ0n) is 11.1. The summed E-state index contributed by atoms with van der Waals surface area (Å²) in [5.74, 6) is 3.78. The summed E-state index contributed by atoms with van der Waals surface area (Å²) in [6, 6.07) is 3.13. The number of nitrogen functional groups attached to an aromatic ring is 1. The summed E-state index contributed by atoms with van der Waals surface area (Å²) in [4.78, 5) is 6.69. The third kappa shape index (κ3) is 4.05. The zero-order chi connectivity index (χ0) is 15.5. The number of nitrogens with two attached hydrogens (primary N) is 1. The number of alkyl halides is 3. The third-order valence-corrected chi connectivity index (χ3v) is 2.58. The van der Waals surface area contributed by atoms with Crippen LogP contribution in [0.3, 0.4) is 0 Å². The Hall–Kier alpha value is -2.36. The molecule has 2 rings (SSSR count). The SMILES string of the molecule is Cn1ccc(CCNc2cc(NN)nc(C(F)(F)F)n2)n1. The van der Waals surface area contributed by atoms with Crippen molar-refractivity contribution in [3.8, 4) is 0 Å². The molecule has 7 nitrogen and oxygen atoms in total. The summed E-state index contributed by atoms with van der Waals surface area (Å²) in [6.45, 7) is 0.384. The van der Waals surface area contributed by atoms with E-state index in [2.05, 4.69) is 25.8 Å². The fraction of sp³-hybridized carbons (Fsp3) is 0.364. The molecule has 0 saturated heterocycles. The second-order valence-electron chi connectivity index (χ2n) is 4.26. The maximum absolute atomic E-state index is 12.6. The van der Waals surface area contributed by atoms with Crippen LogP contribution in [-0.2, 0) is 19.6 Å². The highest BCUT2D eigenvalue weighted by atomic mass is 19.4. The average molecular weight is 301 g/mol. The predicted octanol–water partition coefficient (Wildman–Crippen LogP) is 1.17. The van der Waals surface area contributed by atoms with Crippen molar-refractivity contribution in [3.63, 3.8) is 0 Å². The van der Waals surface area contributed by atoms with Crippen molar-refractivity contribution >= 4 is 11.6 Å². The number of nitrogens with one attached hydrogen (secondary N) is 2. The molecule has 2 aromatic rings. The van der Waals surface area contributed by atoms with Crippen LogP contribution in [-0.4, -0.2) is 26.3 Å². The van der Waals surface area contributed by atoms with E-state index in [-0.39, 0.29) is 11.6 Å². The molecule has 0 radical (unpaired) electrons. The van der Waals surface area contributed by atoms with E-state index in [1.165, 1.54) is 6.07 Å². The Balaban J connectivity index is 2.05. The van der Waals surface area contributed by atoms with E-state index in [0.717, 1.165) is 5.69 Å². The van der Waals surface area contributed by atoms with Crippen LogP contribution in [0.4, 0.5) is 24.8 Å². The Morgan fingerprint density at radius 2 is 2.00 bits per heavy atom. The lowest BCUT2D eigenvalue weighted by molar-refractivity contribution is -0.144. The summed E-state index contributed by atoms with van der Waals surface area (Å²) >= 11 is 0. The Kier molecular flexibility index (Phi) is 4.26. The van der Waals surface area contributed by atoms with Crippen LogP contribution in [0.5, 0.6) is 0 Å². The van der Waals surface area contributed by atoms with Gasteiger partial charge < -0.3 is 10.7 Å². The van der Waals surface area contributed by atoms with Gasteiger partial charge in [-0.1, -0.05) is 0 Å². The molecule has 2 aromatic heterocycles. The molecule has 0 atom stereocenters. The van der Waals surface area contributed by atoms with E-state index in [0.29, 0.717) is 13.0 Å². The zero-order valence-corrected chi connectivity index (χ0v) is 11.1. The number of hydrazine groups is 1. The van der Waals surface area contributed by atoms with Crippen LogP contribution >= 0.6 is 0 Å². The molecule has 21 heavy (non-hydrogen) atoms. The normalized spacial score (nSPS) is 11.5. The van der Waals surface area contributed by atoms with Gasteiger partial charge in [-0.15, -0.1) is 0 Å². The fourth-order valence-corrected chi connectivity index (χ4v) is 1.65. The average Bonchev–Trinajstić information content (AvgIpc) is 2.83. The highest BCUT2D eigenvalue weighted by Crippen LogP contribution is 2.28. The molecule has 0 aromatic carbocycles. The molecule has 10 heteroatoms. The molecule has 0 saturated carbocycles. The summed E-state index contributed by atoms with van der Waals surface area (Å²) in [5.41, 5.74) is 2.91. The maximum Gasteiger partial charge on any atom is 0.451 e. The molecule has 114 valence electrons. The Bertz CT molecular complexity index is 608. The smallest absolute Gasteiger partial charge is 0.369 e. The van der Waals surface area contributed by atoms with Crippen molar-refractivity contribution in [1.82, 2.24) is 19.7 Å². The van der Waals surface area contributed by atoms with Crippen LogP contribution in [0.25, 0.3) is 0 Å². The van der Waals surface area contributed by atoms with Crippen molar-refractivity contribution in [2.75, 3.05) is 17.3 Å². The third-order valence-electron chi connectivity index (χ3n) is 2.58. The van der Waals surface area contributed by atoms with Gasteiger partial charge in [0.2, 0.25) is 5.82 Å². The van der Waals surface area contributed by atoms with Crippen LogP contribution in [0, 0.1) is 0 Å². The molecule has 2 heterocycles. The number of hydrogen-bond acceptors (Lipinski definition) is 6. The highest BCUT2D eigenvalue weighted by molar-refractivity contribution is 5.47. The lowest BCUT2D eigenvalue weighted by Crippen LogP contribution is -2.18. The first-order valence-corrected chi connectivity index (χ1v) is 6.04. The molecular weight excluding hydrogens is 287 g/mol. The van der Waals surface area contributed by atoms with E-state index in [1.54, 1.807) is 17.9 Å². The summed E-state index contributed by atoms with van der Waals surface area (Å²) in [7, 11) is 1.79. The van der Waals surface area contributed by atoms with E-state index in [1.807, 2.05) is 6.07 Å². The monoisotopic (exact) mass is 301 g/mol. The Morgan fingerprint density at radius 3 is 2.57 bits per heavy atom. The molecule has 0 unspecified atom stereocenters. The molecule has 0 aliphatic carbocycles. The number of rotatable bonds is 5. The minimum absolute atomic E-state index is 0.0428. The van der Waals surface area contributed by atoms with Gasteiger partial charge in [0, 0.05) is 32.3 Å².